The van der Waals surface area contributed by atoms with E-state index in [1.807, 2.05) is 6.92 Å². The van der Waals surface area contributed by atoms with Gasteiger partial charge in [-0.1, -0.05) is 32.3 Å². The second-order valence-corrected chi connectivity index (χ2v) is 3.41. The molecule has 1 nitrogen and oxygen atoms in total. The normalized spacial score (nSPS) is 11.4. The topological polar surface area (TPSA) is 12.4 Å². The molecular weight excluding hydrogens is 182 g/mol. The molecule has 0 atom stereocenters. The molecule has 1 heteroatoms. The van der Waals surface area contributed by atoms with Crippen LogP contribution < -0.4 is 0 Å². The molecule has 0 aromatic carbocycles. The first-order valence-electron chi connectivity index (χ1n) is 5.51. The Labute approximate surface area is 94.0 Å². The van der Waals surface area contributed by atoms with Crippen molar-refractivity contribution in [2.45, 2.75) is 47.0 Å². The Hall–Kier alpha value is -1.29. The lowest BCUT2D eigenvalue weighted by Crippen LogP contribution is -1.95. The van der Waals surface area contributed by atoms with Crippen molar-refractivity contribution in [3.8, 4) is 12.3 Å². The van der Waals surface area contributed by atoms with Gasteiger partial charge in [0.1, 0.15) is 0 Å². The largest absolute Gasteiger partial charge is 0.268 e. The summed E-state index contributed by atoms with van der Waals surface area (Å²) in [5.41, 5.74) is 4.47. The van der Waals surface area contributed by atoms with E-state index in [0.29, 0.717) is 0 Å². The van der Waals surface area contributed by atoms with Crippen molar-refractivity contribution in [3.63, 3.8) is 0 Å². The van der Waals surface area contributed by atoms with Gasteiger partial charge < -0.3 is 0 Å². The second kappa shape index (κ2) is 7.06. The number of nitrogens with zero attached hydrogens (tertiary/aromatic N) is 1. The Bertz CT molecular complexity index is 318. The number of rotatable bonds is 5. The fraction of sp³-hybridized carbons (Fsp3) is 0.500. The Morgan fingerprint density at radius 3 is 2.00 bits per heavy atom. The van der Waals surface area contributed by atoms with E-state index < -0.39 is 0 Å². The van der Waals surface area contributed by atoms with Crippen LogP contribution in [0.3, 0.4) is 0 Å². The molecule has 0 radical (unpaired) electrons. The van der Waals surface area contributed by atoms with Crippen LogP contribution in [-0.2, 0) is 0 Å². The predicted octanol–water partition coefficient (Wildman–Crippen LogP) is 4.12. The van der Waals surface area contributed by atoms with Crippen molar-refractivity contribution in [1.82, 2.24) is 0 Å². The summed E-state index contributed by atoms with van der Waals surface area (Å²) in [6.45, 7) is 11.9. The predicted molar refractivity (Wildman–Crippen MR) is 69.0 cm³/mol. The standard InChI is InChI=1S/C14H21N/c1-7-12(8-2)14(10-4)13(9-3)11(5)15-6/h3H,6-8,10H2,1-2,4-5H3/b13-11-. The van der Waals surface area contributed by atoms with Crippen LogP contribution in [0, 0.1) is 12.3 Å². The molecule has 0 N–H and O–H groups in total. The lowest BCUT2D eigenvalue weighted by atomic mass is 9.93. The third-order valence-electron chi connectivity index (χ3n) is 2.68. The number of aliphatic imine (C=N–C) groups is 1. The van der Waals surface area contributed by atoms with Crippen LogP contribution in [0.15, 0.2) is 27.4 Å². The van der Waals surface area contributed by atoms with Gasteiger partial charge in [-0.15, -0.1) is 6.42 Å². The van der Waals surface area contributed by atoms with Gasteiger partial charge in [0.2, 0.25) is 0 Å². The number of hydrogen-bond donors (Lipinski definition) is 0. The highest BCUT2D eigenvalue weighted by Crippen LogP contribution is 2.25. The zero-order valence-corrected chi connectivity index (χ0v) is 10.4. The van der Waals surface area contributed by atoms with E-state index in [4.69, 9.17) is 6.42 Å². The highest BCUT2D eigenvalue weighted by Gasteiger charge is 2.08. The SMILES string of the molecule is C#C/C(C(CC)=C(CC)CC)=C(\C)N=C. The van der Waals surface area contributed by atoms with E-state index in [2.05, 4.69) is 38.4 Å². The van der Waals surface area contributed by atoms with E-state index in [-0.39, 0.29) is 0 Å². The van der Waals surface area contributed by atoms with Crippen LogP contribution in [0.25, 0.3) is 0 Å². The molecule has 0 bridgehead atoms. The third-order valence-corrected chi connectivity index (χ3v) is 2.68. The van der Waals surface area contributed by atoms with Crippen molar-refractivity contribution in [1.29, 1.82) is 0 Å². The maximum absolute atomic E-state index is 5.54. The average Bonchev–Trinajstić information content (AvgIpc) is 2.28. The van der Waals surface area contributed by atoms with Crippen molar-refractivity contribution in [2.75, 3.05) is 0 Å². The van der Waals surface area contributed by atoms with Crippen molar-refractivity contribution in [2.24, 2.45) is 4.99 Å². The van der Waals surface area contributed by atoms with Crippen LogP contribution in [0.4, 0.5) is 0 Å². The molecule has 15 heavy (non-hydrogen) atoms. The summed E-state index contributed by atoms with van der Waals surface area (Å²) in [5, 5.41) is 0. The van der Waals surface area contributed by atoms with Gasteiger partial charge in [-0.25, -0.2) is 0 Å². The molecule has 0 spiro atoms. The fourth-order valence-electron chi connectivity index (χ4n) is 1.77. The molecule has 0 aliphatic carbocycles. The maximum atomic E-state index is 5.54. The van der Waals surface area contributed by atoms with Gasteiger partial charge in [-0.3, -0.25) is 4.99 Å². The minimum absolute atomic E-state index is 0.855. The Morgan fingerprint density at radius 1 is 1.20 bits per heavy atom. The van der Waals surface area contributed by atoms with E-state index in [1.165, 1.54) is 11.1 Å². The molecular formula is C14H21N. The van der Waals surface area contributed by atoms with Gasteiger partial charge in [0.15, 0.2) is 0 Å². The van der Waals surface area contributed by atoms with Crippen molar-refractivity contribution >= 4 is 6.72 Å². The van der Waals surface area contributed by atoms with Gasteiger partial charge in [0.25, 0.3) is 0 Å². The van der Waals surface area contributed by atoms with E-state index in [9.17, 15) is 0 Å². The number of allylic oxidation sites excluding steroid dienone is 4. The molecule has 0 aliphatic rings. The summed E-state index contributed by atoms with van der Waals surface area (Å²) >= 11 is 0. The van der Waals surface area contributed by atoms with Crippen molar-refractivity contribution in [3.05, 3.63) is 22.4 Å². The lowest BCUT2D eigenvalue weighted by Gasteiger charge is -2.12. The summed E-state index contributed by atoms with van der Waals surface area (Å²) in [6.07, 6.45) is 8.61. The van der Waals surface area contributed by atoms with Crippen LogP contribution in [0.1, 0.15) is 47.0 Å². The first-order valence-corrected chi connectivity index (χ1v) is 5.51. The first-order chi connectivity index (χ1) is 7.15. The maximum Gasteiger partial charge on any atom is 0.0524 e. The lowest BCUT2D eigenvalue weighted by molar-refractivity contribution is 0.919. The summed E-state index contributed by atoms with van der Waals surface area (Å²) in [6, 6.07) is 0. The average molecular weight is 203 g/mol. The van der Waals surface area contributed by atoms with Crippen molar-refractivity contribution < 1.29 is 0 Å². The first kappa shape index (κ1) is 13.7. The molecule has 82 valence electrons. The molecule has 0 amide bonds. The minimum atomic E-state index is 0.855. The van der Waals surface area contributed by atoms with E-state index >= 15 is 0 Å². The highest BCUT2D eigenvalue weighted by molar-refractivity contribution is 5.50. The summed E-state index contributed by atoms with van der Waals surface area (Å²) < 4.78 is 0. The molecule has 0 saturated heterocycles. The molecule has 0 saturated carbocycles. The van der Waals surface area contributed by atoms with Gasteiger partial charge in [0.05, 0.1) is 5.70 Å². The van der Waals surface area contributed by atoms with E-state index in [1.54, 1.807) is 0 Å². The van der Waals surface area contributed by atoms with Gasteiger partial charge >= 0.3 is 0 Å². The molecule has 0 aliphatic heterocycles. The second-order valence-electron chi connectivity index (χ2n) is 3.41. The summed E-state index contributed by atoms with van der Waals surface area (Å²) in [7, 11) is 0. The molecule has 0 aromatic heterocycles. The summed E-state index contributed by atoms with van der Waals surface area (Å²) in [4.78, 5) is 3.93. The molecule has 0 rings (SSSR count). The van der Waals surface area contributed by atoms with E-state index in [0.717, 1.165) is 30.5 Å². The minimum Gasteiger partial charge on any atom is -0.268 e. The van der Waals surface area contributed by atoms with Crippen LogP contribution >= 0.6 is 0 Å². The smallest absolute Gasteiger partial charge is 0.0524 e. The zero-order chi connectivity index (χ0) is 11.8. The fourth-order valence-corrected chi connectivity index (χ4v) is 1.77. The summed E-state index contributed by atoms with van der Waals surface area (Å²) in [5.74, 6) is 2.74. The molecule has 0 aromatic rings. The van der Waals surface area contributed by atoms with Crippen LogP contribution in [0.5, 0.6) is 0 Å². The molecule has 0 unspecified atom stereocenters. The van der Waals surface area contributed by atoms with Gasteiger partial charge in [0, 0.05) is 5.57 Å². The number of hydrogen-bond acceptors (Lipinski definition) is 1. The van der Waals surface area contributed by atoms with Gasteiger partial charge in [-0.05, 0) is 38.5 Å². The molecule has 0 heterocycles. The highest BCUT2D eigenvalue weighted by atomic mass is 14.7. The zero-order valence-electron chi connectivity index (χ0n) is 10.4. The van der Waals surface area contributed by atoms with Crippen LogP contribution in [0.2, 0.25) is 0 Å². The van der Waals surface area contributed by atoms with Crippen LogP contribution in [-0.4, -0.2) is 6.72 Å². The van der Waals surface area contributed by atoms with Gasteiger partial charge in [-0.2, -0.15) is 0 Å². The Balaban J connectivity index is 5.58. The molecule has 0 fully saturated rings. The Kier molecular flexibility index (Phi) is 6.45. The Morgan fingerprint density at radius 2 is 1.73 bits per heavy atom. The number of terminal acetylenes is 1. The monoisotopic (exact) mass is 203 g/mol. The quantitative estimate of drug-likeness (QED) is 0.362. The third kappa shape index (κ3) is 3.40.